The number of nitrogens with zero attached hydrogens (tertiary/aromatic N) is 1. The van der Waals surface area contributed by atoms with Crippen molar-refractivity contribution < 1.29 is 34.4 Å². The largest absolute Gasteiger partial charge is 0.511 e. The number of carbonyl (C=O) groups is 3. The topological polar surface area (TPSA) is 150 Å². The Hall–Kier alpha value is -3.85. The molecule has 3 unspecified atom stereocenters. The molecule has 0 bridgehead atoms. The van der Waals surface area contributed by atoms with E-state index in [4.69, 9.17) is 10.5 Å². The van der Waals surface area contributed by atoms with Crippen LogP contribution >= 0.6 is 0 Å². The zero-order chi connectivity index (χ0) is 26.2. The highest BCUT2D eigenvalue weighted by Gasteiger charge is 2.51. The second kappa shape index (κ2) is 8.34. The van der Waals surface area contributed by atoms with Gasteiger partial charge in [-0.3, -0.25) is 19.3 Å². The molecule has 1 amide bonds. The van der Waals surface area contributed by atoms with Gasteiger partial charge in [0.1, 0.15) is 28.6 Å². The summed E-state index contributed by atoms with van der Waals surface area (Å²) in [7, 11) is 1.53. The van der Waals surface area contributed by atoms with Gasteiger partial charge >= 0.3 is 0 Å². The van der Waals surface area contributed by atoms with Crippen LogP contribution in [-0.2, 0) is 27.3 Å². The molecule has 2 fully saturated rings. The molecule has 0 spiro atoms. The molecule has 37 heavy (non-hydrogen) atoms. The highest BCUT2D eigenvalue weighted by Crippen LogP contribution is 2.53. The lowest BCUT2D eigenvalue weighted by Crippen LogP contribution is -2.44. The third kappa shape index (κ3) is 3.37. The van der Waals surface area contributed by atoms with Gasteiger partial charge in [-0.1, -0.05) is 12.1 Å². The Morgan fingerprint density at radius 1 is 1.14 bits per heavy atom. The van der Waals surface area contributed by atoms with E-state index in [9.17, 15) is 29.7 Å². The lowest BCUT2D eigenvalue weighted by atomic mass is 9.61. The fraction of sp³-hybridized carbons (Fsp3) is 0.393. The molecule has 3 aliphatic carbocycles. The number of ether oxygens (including phenoxy) is 1. The maximum Gasteiger partial charge on any atom is 0.255 e. The average Bonchev–Trinajstić information content (AvgIpc) is 2.81. The molecule has 5 N–H and O–H groups in total. The predicted molar refractivity (Wildman–Crippen MR) is 134 cm³/mol. The number of methoxy groups -OCH3 is 1. The monoisotopic (exact) mass is 504 g/mol. The highest BCUT2D eigenvalue weighted by molar-refractivity contribution is 6.21. The number of carbonyl (C=O) groups excluding carboxylic acids is 3. The Bertz CT molecular complexity index is 1470. The number of primary amides is 1. The average molecular weight is 505 g/mol. The van der Waals surface area contributed by atoms with E-state index in [1.807, 2.05) is 18.2 Å². The van der Waals surface area contributed by atoms with Crippen LogP contribution in [0.3, 0.4) is 0 Å². The summed E-state index contributed by atoms with van der Waals surface area (Å²) in [5, 5.41) is 34.8. The SMILES string of the molecule is COc1c2c(c(O)c3cc(CN4CCC4)ccc13)C(O)=C1C(=O)C3C(O)=C(C(N)=O)C(=O)CC3CC1C2. The number of likely N-dealkylation sites (tertiary alicyclic amines) is 1. The Morgan fingerprint density at radius 3 is 2.54 bits per heavy atom. The number of amides is 1. The lowest BCUT2D eigenvalue weighted by molar-refractivity contribution is -0.127. The van der Waals surface area contributed by atoms with Crippen molar-refractivity contribution in [1.82, 2.24) is 4.90 Å². The van der Waals surface area contributed by atoms with Gasteiger partial charge in [0.15, 0.2) is 11.6 Å². The number of aliphatic hydroxyl groups is 2. The van der Waals surface area contributed by atoms with E-state index in [0.29, 0.717) is 34.9 Å². The zero-order valence-corrected chi connectivity index (χ0v) is 20.4. The van der Waals surface area contributed by atoms with E-state index in [0.717, 1.165) is 25.2 Å². The Kier molecular flexibility index (Phi) is 5.31. The van der Waals surface area contributed by atoms with Gasteiger partial charge < -0.3 is 25.8 Å². The Balaban J connectivity index is 1.51. The van der Waals surface area contributed by atoms with Gasteiger partial charge in [-0.05, 0) is 55.8 Å². The fourth-order valence-corrected chi connectivity index (χ4v) is 6.65. The van der Waals surface area contributed by atoms with Gasteiger partial charge in [0.05, 0.1) is 18.6 Å². The lowest BCUT2D eigenvalue weighted by Gasteiger charge is -2.41. The molecule has 6 rings (SSSR count). The molecule has 9 nitrogen and oxygen atoms in total. The molecule has 0 radical (unpaired) electrons. The van der Waals surface area contributed by atoms with Crippen LogP contribution < -0.4 is 10.5 Å². The quantitative estimate of drug-likeness (QED) is 0.464. The number of nitrogens with two attached hydrogens (primary N) is 1. The van der Waals surface area contributed by atoms with Crippen molar-refractivity contribution in [2.24, 2.45) is 23.5 Å². The Labute approximate surface area is 212 Å². The summed E-state index contributed by atoms with van der Waals surface area (Å²) in [4.78, 5) is 40.2. The van der Waals surface area contributed by atoms with Crippen LogP contribution in [0.2, 0.25) is 0 Å². The summed E-state index contributed by atoms with van der Waals surface area (Å²) < 4.78 is 5.78. The minimum Gasteiger partial charge on any atom is -0.511 e. The number of hydrogen-bond donors (Lipinski definition) is 4. The van der Waals surface area contributed by atoms with Crippen molar-refractivity contribution in [1.29, 1.82) is 0 Å². The molecule has 1 saturated heterocycles. The van der Waals surface area contributed by atoms with Crippen molar-refractivity contribution in [3.8, 4) is 11.5 Å². The molecular weight excluding hydrogens is 476 g/mol. The van der Waals surface area contributed by atoms with Gasteiger partial charge in [-0.15, -0.1) is 0 Å². The molecule has 192 valence electrons. The molecule has 2 aromatic rings. The predicted octanol–water partition coefficient (Wildman–Crippen LogP) is 2.68. The summed E-state index contributed by atoms with van der Waals surface area (Å²) >= 11 is 0. The first-order valence-corrected chi connectivity index (χ1v) is 12.5. The standard InChI is InChI=1S/C28H28N2O7/c1-37-27-15-4-3-12(11-30-5-2-6-30)7-16(15)23(32)21-17(27)9-13-8-14-10-18(31)22(28(29)36)26(35)20(14)24(33)19(13)25(21)34/h3-4,7,13-14,20,32,34-35H,2,5-6,8-11H2,1H3,(H2,29,36). The number of fused-ring (bicyclic) bond motifs is 4. The van der Waals surface area contributed by atoms with E-state index < -0.39 is 46.6 Å². The van der Waals surface area contributed by atoms with E-state index >= 15 is 0 Å². The van der Waals surface area contributed by atoms with E-state index in [1.165, 1.54) is 13.5 Å². The molecule has 2 aromatic carbocycles. The minimum absolute atomic E-state index is 0.0873. The third-order valence-corrected chi connectivity index (χ3v) is 8.44. The number of hydrogen-bond acceptors (Lipinski definition) is 8. The van der Waals surface area contributed by atoms with Crippen LogP contribution in [0.4, 0.5) is 0 Å². The number of phenols is 1. The van der Waals surface area contributed by atoms with E-state index in [1.54, 1.807) is 0 Å². The molecule has 9 heteroatoms. The number of ketones is 2. The van der Waals surface area contributed by atoms with Gasteiger partial charge in [-0.25, -0.2) is 0 Å². The first kappa shape index (κ1) is 23.5. The summed E-state index contributed by atoms with van der Waals surface area (Å²) in [6, 6.07) is 5.80. The molecule has 4 aliphatic rings. The second-order valence-electron chi connectivity index (χ2n) is 10.5. The summed E-state index contributed by atoms with van der Waals surface area (Å²) in [6.07, 6.45) is 1.73. The zero-order valence-electron chi connectivity index (χ0n) is 20.4. The van der Waals surface area contributed by atoms with Crippen LogP contribution in [0, 0.1) is 17.8 Å². The molecular formula is C28H28N2O7. The minimum atomic E-state index is -1.14. The number of phenolic OH excluding ortho intramolecular Hbond substituents is 1. The molecule has 1 heterocycles. The van der Waals surface area contributed by atoms with Crippen molar-refractivity contribution in [2.75, 3.05) is 20.2 Å². The number of allylic oxidation sites excluding steroid dienone is 2. The number of aliphatic hydroxyl groups excluding tert-OH is 2. The van der Waals surface area contributed by atoms with Gasteiger partial charge in [0.25, 0.3) is 5.91 Å². The van der Waals surface area contributed by atoms with Crippen molar-refractivity contribution >= 4 is 34.0 Å². The third-order valence-electron chi connectivity index (χ3n) is 8.44. The molecule has 3 atom stereocenters. The van der Waals surface area contributed by atoms with Crippen molar-refractivity contribution in [3.63, 3.8) is 0 Å². The summed E-state index contributed by atoms with van der Waals surface area (Å²) in [6.45, 7) is 2.80. The summed E-state index contributed by atoms with van der Waals surface area (Å²) in [5.41, 5.74) is 6.60. The normalized spacial score (nSPS) is 25.5. The fourth-order valence-electron chi connectivity index (χ4n) is 6.65. The maximum atomic E-state index is 13.6. The number of benzene rings is 2. The highest BCUT2D eigenvalue weighted by atomic mass is 16.5. The van der Waals surface area contributed by atoms with Gasteiger partial charge in [-0.2, -0.15) is 0 Å². The van der Waals surface area contributed by atoms with Crippen LogP contribution in [0.15, 0.2) is 35.1 Å². The van der Waals surface area contributed by atoms with Crippen LogP contribution in [-0.4, -0.2) is 57.9 Å². The molecule has 0 aromatic heterocycles. The Morgan fingerprint density at radius 2 is 1.89 bits per heavy atom. The number of rotatable bonds is 4. The van der Waals surface area contributed by atoms with Crippen molar-refractivity contribution in [3.05, 3.63) is 51.8 Å². The van der Waals surface area contributed by atoms with Crippen LogP contribution in [0.25, 0.3) is 16.5 Å². The van der Waals surface area contributed by atoms with Crippen LogP contribution in [0.1, 0.15) is 36.0 Å². The molecule has 1 saturated carbocycles. The second-order valence-corrected chi connectivity index (χ2v) is 10.5. The first-order chi connectivity index (χ1) is 17.7. The van der Waals surface area contributed by atoms with Gasteiger partial charge in [0.2, 0.25) is 0 Å². The molecule has 1 aliphatic heterocycles. The number of aromatic hydroxyl groups is 1. The van der Waals surface area contributed by atoms with Crippen molar-refractivity contribution in [2.45, 2.75) is 32.2 Å². The van der Waals surface area contributed by atoms with E-state index in [-0.39, 0.29) is 29.1 Å². The number of Topliss-reactive ketones (excluding diaryl/α,β-unsaturated/α-hetero) is 2. The van der Waals surface area contributed by atoms with E-state index in [2.05, 4.69) is 4.90 Å². The smallest absolute Gasteiger partial charge is 0.255 e. The van der Waals surface area contributed by atoms with Crippen LogP contribution in [0.5, 0.6) is 11.5 Å². The van der Waals surface area contributed by atoms with Gasteiger partial charge in [0, 0.05) is 34.9 Å². The summed E-state index contributed by atoms with van der Waals surface area (Å²) in [5.74, 6) is -4.90. The maximum absolute atomic E-state index is 13.6. The first-order valence-electron chi connectivity index (χ1n) is 12.5.